The largest absolute Gasteiger partial charge is 0.502 e. The first-order valence-corrected chi connectivity index (χ1v) is 8.65. The minimum absolute atomic E-state index is 0.145. The van der Waals surface area contributed by atoms with Crippen molar-refractivity contribution in [3.05, 3.63) is 64.0 Å². The van der Waals surface area contributed by atoms with Crippen LogP contribution < -0.4 is 0 Å². The maximum Gasteiger partial charge on any atom is 0.310 e. The Morgan fingerprint density at radius 2 is 1.96 bits per heavy atom. The summed E-state index contributed by atoms with van der Waals surface area (Å²) in [6.45, 7) is 1.06. The summed E-state index contributed by atoms with van der Waals surface area (Å²) in [6.07, 6.45) is 1.44. The number of para-hydroxylation sites is 2. The number of amides is 1. The third-order valence-corrected chi connectivity index (χ3v) is 4.86. The van der Waals surface area contributed by atoms with Crippen molar-refractivity contribution >= 4 is 22.7 Å². The monoisotopic (exact) mass is 367 g/mol. The van der Waals surface area contributed by atoms with Gasteiger partial charge in [-0.05, 0) is 37.1 Å². The van der Waals surface area contributed by atoms with Gasteiger partial charge in [-0.25, -0.2) is 4.98 Å². The van der Waals surface area contributed by atoms with Crippen molar-refractivity contribution in [3.8, 4) is 5.75 Å². The number of carbonyl (C=O) groups is 1. The Morgan fingerprint density at radius 3 is 2.63 bits per heavy atom. The maximum atomic E-state index is 12.6. The highest BCUT2D eigenvalue weighted by Gasteiger charge is 2.28. The number of piperidine rings is 1. The molecule has 1 N–H and O–H groups in total. The van der Waals surface area contributed by atoms with Crippen LogP contribution in [-0.2, 0) is 0 Å². The van der Waals surface area contributed by atoms with E-state index in [0.717, 1.165) is 36.1 Å². The molecule has 0 spiro atoms. The zero-order valence-corrected chi connectivity index (χ0v) is 14.4. The Hall–Kier alpha value is -3.42. The molecule has 1 fully saturated rings. The molecule has 8 nitrogen and oxygen atoms in total. The lowest BCUT2D eigenvalue weighted by Gasteiger charge is -2.30. The van der Waals surface area contributed by atoms with Gasteiger partial charge in [0.2, 0.25) is 0 Å². The number of hydrogen-bond donors (Lipinski definition) is 1. The number of phenolic OH excluding ortho intramolecular Hbond substituents is 1. The predicted octanol–water partition coefficient (Wildman–Crippen LogP) is 3.46. The summed E-state index contributed by atoms with van der Waals surface area (Å²) in [6, 6.07) is 11.3. The van der Waals surface area contributed by atoms with Gasteiger partial charge < -0.3 is 14.4 Å². The van der Waals surface area contributed by atoms with E-state index in [1.54, 1.807) is 4.90 Å². The summed E-state index contributed by atoms with van der Waals surface area (Å²) < 4.78 is 5.83. The van der Waals surface area contributed by atoms with Gasteiger partial charge >= 0.3 is 5.69 Å². The van der Waals surface area contributed by atoms with E-state index in [4.69, 9.17) is 4.42 Å². The normalized spacial score (nSPS) is 15.2. The Bertz CT molecular complexity index is 988. The number of aromatic nitrogens is 1. The van der Waals surface area contributed by atoms with Gasteiger partial charge in [0.15, 0.2) is 17.2 Å². The second kappa shape index (κ2) is 6.71. The Kier molecular flexibility index (Phi) is 4.23. The molecule has 1 amide bonds. The fourth-order valence-corrected chi connectivity index (χ4v) is 3.39. The number of hydrogen-bond acceptors (Lipinski definition) is 6. The first-order chi connectivity index (χ1) is 13.0. The molecule has 0 saturated carbocycles. The molecule has 1 aromatic heterocycles. The SMILES string of the molecule is O=C(c1ccc([N+](=O)[O-])c(O)c1)N1CCC(c2nc3ccccc3o2)CC1. The highest BCUT2D eigenvalue weighted by Crippen LogP contribution is 2.31. The lowest BCUT2D eigenvalue weighted by Crippen LogP contribution is -2.38. The smallest absolute Gasteiger partial charge is 0.310 e. The summed E-state index contributed by atoms with van der Waals surface area (Å²) in [5.41, 5.74) is 1.40. The molecule has 1 saturated heterocycles. The Labute approximate surface area is 154 Å². The van der Waals surface area contributed by atoms with Gasteiger partial charge in [-0.1, -0.05) is 12.1 Å². The van der Waals surface area contributed by atoms with E-state index >= 15 is 0 Å². The van der Waals surface area contributed by atoms with Crippen LogP contribution in [0.2, 0.25) is 0 Å². The van der Waals surface area contributed by atoms with Crippen LogP contribution in [0.1, 0.15) is 35.0 Å². The Morgan fingerprint density at radius 1 is 1.22 bits per heavy atom. The number of phenols is 1. The molecule has 3 aromatic rings. The van der Waals surface area contributed by atoms with Crippen molar-refractivity contribution in [3.63, 3.8) is 0 Å². The van der Waals surface area contributed by atoms with Crippen LogP contribution in [0.25, 0.3) is 11.1 Å². The van der Waals surface area contributed by atoms with Crippen molar-refractivity contribution in [2.45, 2.75) is 18.8 Å². The number of nitro benzene ring substituents is 1. The summed E-state index contributed by atoms with van der Waals surface area (Å²) in [5, 5.41) is 20.5. The first kappa shape index (κ1) is 17.0. The van der Waals surface area contributed by atoms with E-state index in [0.29, 0.717) is 19.0 Å². The number of nitrogens with zero attached hydrogens (tertiary/aromatic N) is 3. The second-order valence-corrected chi connectivity index (χ2v) is 6.55. The van der Waals surface area contributed by atoms with Gasteiger partial charge in [0.05, 0.1) is 4.92 Å². The zero-order chi connectivity index (χ0) is 19.0. The summed E-state index contributed by atoms with van der Waals surface area (Å²) >= 11 is 0. The Balaban J connectivity index is 1.45. The van der Waals surface area contributed by atoms with E-state index in [1.165, 1.54) is 6.07 Å². The number of fused-ring (bicyclic) bond motifs is 1. The van der Waals surface area contributed by atoms with Crippen molar-refractivity contribution in [2.75, 3.05) is 13.1 Å². The molecule has 1 aliphatic rings. The van der Waals surface area contributed by atoms with Gasteiger partial charge in [0.1, 0.15) is 5.52 Å². The van der Waals surface area contributed by atoms with Crippen LogP contribution in [0.15, 0.2) is 46.9 Å². The van der Waals surface area contributed by atoms with E-state index in [2.05, 4.69) is 4.98 Å². The molecule has 27 heavy (non-hydrogen) atoms. The van der Waals surface area contributed by atoms with E-state index in [1.807, 2.05) is 24.3 Å². The molecule has 0 atom stereocenters. The zero-order valence-electron chi connectivity index (χ0n) is 14.4. The number of nitro groups is 1. The number of carbonyl (C=O) groups excluding carboxylic acids is 1. The third kappa shape index (κ3) is 3.21. The fourth-order valence-electron chi connectivity index (χ4n) is 3.39. The number of likely N-dealkylation sites (tertiary alicyclic amines) is 1. The van der Waals surface area contributed by atoms with Gasteiger partial charge in [-0.3, -0.25) is 14.9 Å². The fraction of sp³-hybridized carbons (Fsp3) is 0.263. The molecule has 8 heteroatoms. The topological polar surface area (TPSA) is 110 Å². The predicted molar refractivity (Wildman–Crippen MR) is 96.6 cm³/mol. The quantitative estimate of drug-likeness (QED) is 0.561. The lowest BCUT2D eigenvalue weighted by atomic mass is 9.96. The maximum absolute atomic E-state index is 12.6. The molecule has 138 valence electrons. The van der Waals surface area contributed by atoms with E-state index < -0.39 is 16.4 Å². The molecule has 2 heterocycles. The molecule has 0 radical (unpaired) electrons. The van der Waals surface area contributed by atoms with Crippen LogP contribution in [0.5, 0.6) is 5.75 Å². The summed E-state index contributed by atoms with van der Waals surface area (Å²) in [5.74, 6) is 0.0754. The molecule has 0 bridgehead atoms. The van der Waals surface area contributed by atoms with Crippen molar-refractivity contribution in [1.29, 1.82) is 0 Å². The third-order valence-electron chi connectivity index (χ3n) is 4.86. The molecule has 2 aromatic carbocycles. The van der Waals surface area contributed by atoms with Gasteiger partial charge in [0.25, 0.3) is 5.91 Å². The highest BCUT2D eigenvalue weighted by molar-refractivity contribution is 5.95. The van der Waals surface area contributed by atoms with E-state index in [9.17, 15) is 20.0 Å². The minimum atomic E-state index is -0.685. The van der Waals surface area contributed by atoms with Crippen LogP contribution in [0, 0.1) is 10.1 Å². The first-order valence-electron chi connectivity index (χ1n) is 8.65. The van der Waals surface area contributed by atoms with Gasteiger partial charge in [0, 0.05) is 30.6 Å². The number of aromatic hydroxyl groups is 1. The number of rotatable bonds is 3. The number of benzene rings is 2. The van der Waals surface area contributed by atoms with Gasteiger partial charge in [-0.2, -0.15) is 0 Å². The van der Waals surface area contributed by atoms with Crippen LogP contribution >= 0.6 is 0 Å². The highest BCUT2D eigenvalue weighted by atomic mass is 16.6. The number of oxazole rings is 1. The molecule has 4 rings (SSSR count). The van der Waals surface area contributed by atoms with Crippen molar-refractivity contribution in [1.82, 2.24) is 9.88 Å². The lowest BCUT2D eigenvalue weighted by molar-refractivity contribution is -0.385. The second-order valence-electron chi connectivity index (χ2n) is 6.55. The van der Waals surface area contributed by atoms with Crippen LogP contribution in [0.4, 0.5) is 5.69 Å². The summed E-state index contributed by atoms with van der Waals surface area (Å²) in [4.78, 5) is 28.9. The van der Waals surface area contributed by atoms with Crippen LogP contribution in [0.3, 0.4) is 0 Å². The van der Waals surface area contributed by atoms with Crippen molar-refractivity contribution in [2.24, 2.45) is 0 Å². The average molecular weight is 367 g/mol. The van der Waals surface area contributed by atoms with E-state index in [-0.39, 0.29) is 17.4 Å². The molecular formula is C19H17N3O5. The van der Waals surface area contributed by atoms with Crippen molar-refractivity contribution < 1.29 is 19.2 Å². The summed E-state index contributed by atoms with van der Waals surface area (Å²) in [7, 11) is 0. The average Bonchev–Trinajstić information content (AvgIpc) is 3.11. The molecule has 1 aliphatic heterocycles. The molecule has 0 aliphatic carbocycles. The minimum Gasteiger partial charge on any atom is -0.502 e. The van der Waals surface area contributed by atoms with Crippen LogP contribution in [-0.4, -0.2) is 38.9 Å². The van der Waals surface area contributed by atoms with Gasteiger partial charge in [-0.15, -0.1) is 0 Å². The molecule has 0 unspecified atom stereocenters. The standard InChI is InChI=1S/C19H17N3O5/c23-16-11-13(5-6-15(16)22(25)26)19(24)21-9-7-12(8-10-21)18-20-14-3-1-2-4-17(14)27-18/h1-6,11-12,23H,7-10H2. The molecular weight excluding hydrogens is 350 g/mol.